The standard InChI is InChI=1S/C23H19ClFN5O3/c24-16-10-18(17(25)9-15(16)11-1-3-12(4-2-11)22(26)32)27-23(33)30-14-5-6-19(30)21-13(7-14)8-20(31)28-29-21/h1-4,8-10,14,19H,5-7H2,(H2,26,32)(H,27,33)(H,28,31)/t14-,19+/m0/s1. The number of aromatic amines is 1. The van der Waals surface area contributed by atoms with Crippen LogP contribution in [0.2, 0.25) is 5.02 Å². The van der Waals surface area contributed by atoms with E-state index in [1.807, 2.05) is 0 Å². The Morgan fingerprint density at radius 2 is 1.94 bits per heavy atom. The molecule has 2 aromatic carbocycles. The number of anilines is 1. The topological polar surface area (TPSA) is 121 Å². The summed E-state index contributed by atoms with van der Waals surface area (Å²) >= 11 is 6.39. The number of hydrogen-bond donors (Lipinski definition) is 3. The lowest BCUT2D eigenvalue weighted by atomic mass is 9.99. The van der Waals surface area contributed by atoms with Gasteiger partial charge in [-0.2, -0.15) is 5.10 Å². The molecule has 5 rings (SSSR count). The van der Waals surface area contributed by atoms with Crippen molar-refractivity contribution in [3.05, 3.63) is 80.5 Å². The van der Waals surface area contributed by atoms with Crippen molar-refractivity contribution in [3.63, 3.8) is 0 Å². The number of nitrogens with two attached hydrogens (primary N) is 1. The maximum Gasteiger partial charge on any atom is 0.322 e. The summed E-state index contributed by atoms with van der Waals surface area (Å²) in [6.45, 7) is 0. The van der Waals surface area contributed by atoms with Gasteiger partial charge in [-0.15, -0.1) is 0 Å². The number of fused-ring (bicyclic) bond motifs is 4. The van der Waals surface area contributed by atoms with Gasteiger partial charge < -0.3 is 16.0 Å². The summed E-state index contributed by atoms with van der Waals surface area (Å²) in [5.74, 6) is -1.21. The largest absolute Gasteiger partial charge is 0.366 e. The molecule has 2 bridgehead atoms. The summed E-state index contributed by atoms with van der Waals surface area (Å²) in [5.41, 5.74) is 7.81. The van der Waals surface area contributed by atoms with Crippen molar-refractivity contribution in [1.82, 2.24) is 15.1 Å². The number of urea groups is 1. The molecule has 33 heavy (non-hydrogen) atoms. The van der Waals surface area contributed by atoms with Crippen LogP contribution >= 0.6 is 11.6 Å². The van der Waals surface area contributed by atoms with E-state index in [0.717, 1.165) is 12.0 Å². The third kappa shape index (κ3) is 3.74. The minimum atomic E-state index is -0.645. The number of H-pyrrole nitrogens is 1. The molecule has 0 radical (unpaired) electrons. The number of halogens is 2. The van der Waals surface area contributed by atoms with Gasteiger partial charge in [-0.05, 0) is 54.7 Å². The van der Waals surface area contributed by atoms with Crippen molar-refractivity contribution in [2.75, 3.05) is 5.32 Å². The predicted octanol–water partition coefficient (Wildman–Crippen LogP) is 3.62. The van der Waals surface area contributed by atoms with Crippen molar-refractivity contribution in [3.8, 4) is 11.1 Å². The molecule has 4 N–H and O–H groups in total. The second kappa shape index (κ2) is 8.00. The van der Waals surface area contributed by atoms with Gasteiger partial charge in [0, 0.05) is 23.2 Å². The molecule has 168 valence electrons. The minimum Gasteiger partial charge on any atom is -0.366 e. The summed E-state index contributed by atoms with van der Waals surface area (Å²) in [7, 11) is 0. The SMILES string of the molecule is NC(=O)c1ccc(-c2cc(F)c(NC(=O)N3[C@H]4CC[C@@H]3c3n[nH]c(=O)cc3C4)cc2Cl)cc1. The summed E-state index contributed by atoms with van der Waals surface area (Å²) < 4.78 is 14.9. The zero-order chi connectivity index (χ0) is 23.3. The molecule has 2 aliphatic rings. The Morgan fingerprint density at radius 3 is 2.67 bits per heavy atom. The van der Waals surface area contributed by atoms with Gasteiger partial charge in [-0.25, -0.2) is 14.3 Å². The first-order chi connectivity index (χ1) is 15.8. The highest BCUT2D eigenvalue weighted by molar-refractivity contribution is 6.33. The van der Waals surface area contributed by atoms with E-state index in [1.54, 1.807) is 17.0 Å². The van der Waals surface area contributed by atoms with Crippen LogP contribution in [0.1, 0.15) is 40.5 Å². The third-order valence-electron chi connectivity index (χ3n) is 6.21. The average Bonchev–Trinajstić information content (AvgIpc) is 3.11. The number of amides is 3. The highest BCUT2D eigenvalue weighted by Crippen LogP contribution is 2.42. The number of rotatable bonds is 3. The molecule has 8 nitrogen and oxygen atoms in total. The van der Waals surface area contributed by atoms with E-state index >= 15 is 0 Å². The van der Waals surface area contributed by atoms with Crippen molar-refractivity contribution >= 4 is 29.2 Å². The summed E-state index contributed by atoms with van der Waals surface area (Å²) in [6, 6.07) is 9.62. The van der Waals surface area contributed by atoms with Crippen LogP contribution < -0.4 is 16.6 Å². The molecule has 0 aliphatic carbocycles. The predicted molar refractivity (Wildman–Crippen MR) is 121 cm³/mol. The Balaban J connectivity index is 1.39. The maximum atomic E-state index is 14.9. The molecular weight excluding hydrogens is 449 g/mol. The third-order valence-corrected chi connectivity index (χ3v) is 6.52. The fraction of sp³-hybridized carbons (Fsp3) is 0.217. The molecule has 0 spiro atoms. The quantitative estimate of drug-likeness (QED) is 0.544. The number of hydrogen-bond acceptors (Lipinski definition) is 4. The molecule has 2 aliphatic heterocycles. The number of carbonyl (C=O) groups is 2. The van der Waals surface area contributed by atoms with Crippen LogP contribution in [0.5, 0.6) is 0 Å². The second-order valence-electron chi connectivity index (χ2n) is 8.18. The molecular formula is C23H19ClFN5O3. The first kappa shape index (κ1) is 21.1. The van der Waals surface area contributed by atoms with E-state index in [2.05, 4.69) is 15.5 Å². The summed E-state index contributed by atoms with van der Waals surface area (Å²) in [4.78, 5) is 37.6. The minimum absolute atomic E-state index is 0.0397. The first-order valence-corrected chi connectivity index (χ1v) is 10.8. The molecule has 0 saturated carbocycles. The molecule has 3 aromatic rings. The Bertz CT molecular complexity index is 1340. The van der Waals surface area contributed by atoms with E-state index < -0.39 is 17.8 Å². The van der Waals surface area contributed by atoms with Gasteiger partial charge in [0.05, 0.1) is 22.4 Å². The van der Waals surface area contributed by atoms with E-state index in [1.165, 1.54) is 30.3 Å². The van der Waals surface area contributed by atoms with Gasteiger partial charge in [-0.1, -0.05) is 23.7 Å². The smallest absolute Gasteiger partial charge is 0.322 e. The number of nitrogens with one attached hydrogen (secondary N) is 2. The van der Waals surface area contributed by atoms with E-state index in [0.29, 0.717) is 35.2 Å². The van der Waals surface area contributed by atoms with Gasteiger partial charge >= 0.3 is 6.03 Å². The molecule has 3 heterocycles. The van der Waals surface area contributed by atoms with Crippen LogP contribution in [0.3, 0.4) is 0 Å². The van der Waals surface area contributed by atoms with Crippen molar-refractivity contribution in [1.29, 1.82) is 0 Å². The van der Waals surface area contributed by atoms with Crippen LogP contribution in [-0.2, 0) is 6.42 Å². The van der Waals surface area contributed by atoms with E-state index in [9.17, 15) is 18.8 Å². The van der Waals surface area contributed by atoms with E-state index in [-0.39, 0.29) is 28.4 Å². The Kier molecular flexibility index (Phi) is 5.13. The highest BCUT2D eigenvalue weighted by Gasteiger charge is 2.44. The normalized spacial score (nSPS) is 18.7. The Labute approximate surface area is 192 Å². The number of carbonyl (C=O) groups excluding carboxylic acids is 2. The van der Waals surface area contributed by atoms with Crippen LogP contribution in [0, 0.1) is 5.82 Å². The molecule has 2 atom stereocenters. The zero-order valence-electron chi connectivity index (χ0n) is 17.3. The number of nitrogens with zero attached hydrogens (tertiary/aromatic N) is 2. The van der Waals surface area contributed by atoms with E-state index in [4.69, 9.17) is 17.3 Å². The molecule has 1 aromatic heterocycles. The van der Waals surface area contributed by atoms with Crippen LogP contribution in [0.15, 0.2) is 47.3 Å². The molecule has 10 heteroatoms. The Morgan fingerprint density at radius 1 is 1.18 bits per heavy atom. The van der Waals surface area contributed by atoms with Gasteiger partial charge in [0.15, 0.2) is 0 Å². The maximum absolute atomic E-state index is 14.9. The van der Waals surface area contributed by atoms with Crippen LogP contribution in [0.25, 0.3) is 11.1 Å². The van der Waals surface area contributed by atoms with Gasteiger partial charge in [0.2, 0.25) is 5.91 Å². The fourth-order valence-electron chi connectivity index (χ4n) is 4.67. The lowest BCUT2D eigenvalue weighted by Gasteiger charge is -2.35. The number of benzene rings is 2. The van der Waals surface area contributed by atoms with Gasteiger partial charge in [0.1, 0.15) is 5.82 Å². The monoisotopic (exact) mass is 467 g/mol. The van der Waals surface area contributed by atoms with Gasteiger partial charge in [0.25, 0.3) is 5.56 Å². The average molecular weight is 468 g/mol. The Hall–Kier alpha value is -3.72. The zero-order valence-corrected chi connectivity index (χ0v) is 18.0. The molecule has 0 unspecified atom stereocenters. The molecule has 1 saturated heterocycles. The van der Waals surface area contributed by atoms with Crippen molar-refractivity contribution in [2.45, 2.75) is 31.3 Å². The van der Waals surface area contributed by atoms with Crippen LogP contribution in [-0.4, -0.2) is 33.1 Å². The summed E-state index contributed by atoms with van der Waals surface area (Å²) in [6.07, 6.45) is 2.01. The molecule has 3 amide bonds. The lowest BCUT2D eigenvalue weighted by Crippen LogP contribution is -2.45. The number of primary amides is 1. The summed E-state index contributed by atoms with van der Waals surface area (Å²) in [5, 5.41) is 9.45. The van der Waals surface area contributed by atoms with Gasteiger partial charge in [-0.3, -0.25) is 9.59 Å². The fourth-order valence-corrected chi connectivity index (χ4v) is 4.95. The second-order valence-corrected chi connectivity index (χ2v) is 8.59. The lowest BCUT2D eigenvalue weighted by molar-refractivity contribution is 0.1000. The highest BCUT2D eigenvalue weighted by atomic mass is 35.5. The molecule has 1 fully saturated rings. The first-order valence-electron chi connectivity index (χ1n) is 10.4. The van der Waals surface area contributed by atoms with Crippen LogP contribution in [0.4, 0.5) is 14.9 Å². The van der Waals surface area contributed by atoms with Crippen molar-refractivity contribution in [2.24, 2.45) is 5.73 Å². The van der Waals surface area contributed by atoms with Crippen molar-refractivity contribution < 1.29 is 14.0 Å². The number of aromatic nitrogens is 2.